The molecule has 2 rings (SSSR count). The second-order valence-corrected chi connectivity index (χ2v) is 5.30. The lowest BCUT2D eigenvalue weighted by molar-refractivity contribution is -0.384. The van der Waals surface area contributed by atoms with Gasteiger partial charge in [-0.2, -0.15) is 5.10 Å². The molecule has 0 aromatic carbocycles. The topological polar surface area (TPSA) is 123 Å². The number of aromatic nitrogens is 3. The third kappa shape index (κ3) is 2.84. The fourth-order valence-electron chi connectivity index (χ4n) is 1.88. The van der Waals surface area contributed by atoms with Crippen molar-refractivity contribution in [2.24, 2.45) is 7.05 Å². The predicted octanol–water partition coefficient (Wildman–Crippen LogP) is 1.96. The Morgan fingerprint density at radius 2 is 2.29 bits per heavy atom. The summed E-state index contributed by atoms with van der Waals surface area (Å²) < 4.78 is 1.38. The molecule has 0 radical (unpaired) electrons. The van der Waals surface area contributed by atoms with Crippen LogP contribution in [0.5, 0.6) is 0 Å². The largest absolute Gasteiger partial charge is 0.476 e. The molecule has 0 aliphatic heterocycles. The fraction of sp³-hybridized carbons (Fsp3) is 0.364. The Kier molecular flexibility index (Phi) is 3.89. The minimum Gasteiger partial charge on any atom is -0.476 e. The van der Waals surface area contributed by atoms with Crippen LogP contribution in [0.3, 0.4) is 0 Å². The summed E-state index contributed by atoms with van der Waals surface area (Å²) in [6.45, 7) is 3.30. The standard InChI is InChI=1S/C11H13N5O4S/c1-5-8(16(19)20)9(15(3)14-5)12-6(2)10-13-7(4-21-10)11(17)18/h4,6,12H,1-3H3,(H,17,18). The summed E-state index contributed by atoms with van der Waals surface area (Å²) in [6.07, 6.45) is 0. The molecule has 2 heterocycles. The first-order valence-corrected chi connectivity index (χ1v) is 6.82. The van der Waals surface area contributed by atoms with Gasteiger partial charge in [0.15, 0.2) is 5.69 Å². The van der Waals surface area contributed by atoms with Crippen molar-refractivity contribution in [2.75, 3.05) is 5.32 Å². The van der Waals surface area contributed by atoms with E-state index in [1.165, 1.54) is 21.4 Å². The van der Waals surface area contributed by atoms with E-state index >= 15 is 0 Å². The average Bonchev–Trinajstić information content (AvgIpc) is 2.95. The molecule has 0 saturated carbocycles. The van der Waals surface area contributed by atoms with E-state index in [0.29, 0.717) is 10.7 Å². The number of rotatable bonds is 5. The summed E-state index contributed by atoms with van der Waals surface area (Å²) in [4.78, 5) is 25.4. The van der Waals surface area contributed by atoms with E-state index < -0.39 is 10.9 Å². The van der Waals surface area contributed by atoms with Crippen LogP contribution in [0.25, 0.3) is 0 Å². The Morgan fingerprint density at radius 1 is 1.62 bits per heavy atom. The fourth-order valence-corrected chi connectivity index (χ4v) is 2.68. The highest BCUT2D eigenvalue weighted by Gasteiger charge is 2.26. The molecule has 0 fully saturated rings. The van der Waals surface area contributed by atoms with Crippen LogP contribution in [0.2, 0.25) is 0 Å². The number of carboxylic acid groups (broad SMARTS) is 1. The van der Waals surface area contributed by atoms with Crippen molar-refractivity contribution in [3.05, 3.63) is 31.9 Å². The van der Waals surface area contributed by atoms with Gasteiger partial charge in [-0.05, 0) is 13.8 Å². The second kappa shape index (κ2) is 5.48. The molecule has 2 aromatic heterocycles. The quantitative estimate of drug-likeness (QED) is 0.639. The van der Waals surface area contributed by atoms with Gasteiger partial charge in [0.1, 0.15) is 10.7 Å². The van der Waals surface area contributed by atoms with Crippen molar-refractivity contribution < 1.29 is 14.8 Å². The molecular formula is C11H13N5O4S. The van der Waals surface area contributed by atoms with Crippen LogP contribution in [-0.4, -0.2) is 30.8 Å². The highest BCUT2D eigenvalue weighted by Crippen LogP contribution is 2.31. The molecule has 1 atom stereocenters. The lowest BCUT2D eigenvalue weighted by Crippen LogP contribution is -2.11. The van der Waals surface area contributed by atoms with Crippen LogP contribution in [0.1, 0.15) is 34.2 Å². The summed E-state index contributed by atoms with van der Waals surface area (Å²) >= 11 is 1.18. The third-order valence-corrected chi connectivity index (χ3v) is 3.87. The predicted molar refractivity (Wildman–Crippen MR) is 75.7 cm³/mol. The number of hydrogen-bond donors (Lipinski definition) is 2. The second-order valence-electron chi connectivity index (χ2n) is 4.41. The lowest BCUT2D eigenvalue weighted by atomic mass is 10.3. The third-order valence-electron chi connectivity index (χ3n) is 2.84. The number of nitrogens with one attached hydrogen (secondary N) is 1. The zero-order valence-electron chi connectivity index (χ0n) is 11.5. The SMILES string of the molecule is Cc1nn(C)c(NC(C)c2nc(C(=O)O)cs2)c1[N+](=O)[O-]. The van der Waals surface area contributed by atoms with E-state index in [4.69, 9.17) is 5.11 Å². The van der Waals surface area contributed by atoms with Gasteiger partial charge in [0.05, 0.1) is 11.0 Å². The van der Waals surface area contributed by atoms with E-state index in [9.17, 15) is 14.9 Å². The smallest absolute Gasteiger partial charge is 0.355 e. The molecule has 21 heavy (non-hydrogen) atoms. The van der Waals surface area contributed by atoms with E-state index in [1.807, 2.05) is 0 Å². The summed E-state index contributed by atoms with van der Waals surface area (Å²) in [7, 11) is 1.60. The maximum Gasteiger partial charge on any atom is 0.355 e. The minimum atomic E-state index is -1.10. The number of carbonyl (C=O) groups is 1. The molecule has 0 bridgehead atoms. The van der Waals surface area contributed by atoms with Crippen molar-refractivity contribution in [3.63, 3.8) is 0 Å². The van der Waals surface area contributed by atoms with Crippen LogP contribution in [0, 0.1) is 17.0 Å². The zero-order chi connectivity index (χ0) is 15.7. The summed E-state index contributed by atoms with van der Waals surface area (Å²) in [6, 6.07) is -0.378. The maximum atomic E-state index is 11.1. The minimum absolute atomic E-state index is 0.0423. The van der Waals surface area contributed by atoms with Crippen molar-refractivity contribution in [1.29, 1.82) is 0 Å². The lowest BCUT2D eigenvalue weighted by Gasteiger charge is -2.11. The van der Waals surface area contributed by atoms with Gasteiger partial charge in [-0.25, -0.2) is 14.5 Å². The monoisotopic (exact) mass is 311 g/mol. The first-order chi connectivity index (χ1) is 9.81. The Hall–Kier alpha value is -2.49. The van der Waals surface area contributed by atoms with Gasteiger partial charge in [-0.1, -0.05) is 0 Å². The van der Waals surface area contributed by atoms with Gasteiger partial charge in [0, 0.05) is 12.4 Å². The molecule has 0 aliphatic carbocycles. The molecule has 0 spiro atoms. The summed E-state index contributed by atoms with van der Waals surface area (Å²) in [5.74, 6) is -0.843. The van der Waals surface area contributed by atoms with Crippen LogP contribution in [0.15, 0.2) is 5.38 Å². The normalized spacial score (nSPS) is 12.1. The Balaban J connectivity index is 2.29. The zero-order valence-corrected chi connectivity index (χ0v) is 12.3. The number of anilines is 1. The van der Waals surface area contributed by atoms with Gasteiger partial charge < -0.3 is 10.4 Å². The Bertz CT molecular complexity index is 708. The molecule has 2 aromatic rings. The summed E-state index contributed by atoms with van der Waals surface area (Å²) in [5.41, 5.74) is 0.168. The number of hydrogen-bond acceptors (Lipinski definition) is 7. The van der Waals surface area contributed by atoms with Crippen molar-refractivity contribution >= 4 is 28.8 Å². The number of aryl methyl sites for hydroxylation is 2. The molecule has 10 heteroatoms. The molecular weight excluding hydrogens is 298 g/mol. The molecule has 0 saturated heterocycles. The van der Waals surface area contributed by atoms with Gasteiger partial charge >= 0.3 is 11.7 Å². The Labute approximate surface area is 123 Å². The van der Waals surface area contributed by atoms with Gasteiger partial charge in [0.2, 0.25) is 5.82 Å². The van der Waals surface area contributed by atoms with Crippen molar-refractivity contribution in [2.45, 2.75) is 19.9 Å². The number of nitro groups is 1. The average molecular weight is 311 g/mol. The number of carboxylic acids is 1. The van der Waals surface area contributed by atoms with Crippen molar-refractivity contribution in [1.82, 2.24) is 14.8 Å². The molecule has 2 N–H and O–H groups in total. The maximum absolute atomic E-state index is 11.1. The number of nitrogens with zero attached hydrogens (tertiary/aromatic N) is 4. The molecule has 0 aliphatic rings. The molecule has 9 nitrogen and oxygen atoms in total. The van der Waals surface area contributed by atoms with Crippen LogP contribution in [-0.2, 0) is 7.05 Å². The van der Waals surface area contributed by atoms with E-state index in [-0.39, 0.29) is 23.2 Å². The molecule has 112 valence electrons. The Morgan fingerprint density at radius 3 is 2.81 bits per heavy atom. The highest BCUT2D eigenvalue weighted by atomic mass is 32.1. The van der Waals surface area contributed by atoms with Crippen LogP contribution >= 0.6 is 11.3 Å². The molecule has 0 amide bonds. The molecule has 1 unspecified atom stereocenters. The van der Waals surface area contributed by atoms with Gasteiger partial charge in [-0.3, -0.25) is 10.1 Å². The highest BCUT2D eigenvalue weighted by molar-refractivity contribution is 7.09. The summed E-state index contributed by atoms with van der Waals surface area (Å²) in [5, 5.41) is 28.9. The van der Waals surface area contributed by atoms with Gasteiger partial charge in [0.25, 0.3) is 0 Å². The van der Waals surface area contributed by atoms with E-state index in [0.717, 1.165) is 0 Å². The number of aromatic carboxylic acids is 1. The van der Waals surface area contributed by atoms with Crippen molar-refractivity contribution in [3.8, 4) is 0 Å². The number of thiazole rings is 1. The first-order valence-electron chi connectivity index (χ1n) is 5.94. The van der Waals surface area contributed by atoms with Crippen LogP contribution < -0.4 is 5.32 Å². The van der Waals surface area contributed by atoms with E-state index in [2.05, 4.69) is 15.4 Å². The van der Waals surface area contributed by atoms with Gasteiger partial charge in [-0.15, -0.1) is 11.3 Å². The van der Waals surface area contributed by atoms with Crippen LogP contribution in [0.4, 0.5) is 11.5 Å². The van der Waals surface area contributed by atoms with E-state index in [1.54, 1.807) is 20.9 Å². The first kappa shape index (κ1) is 14.9.